The third-order valence-corrected chi connectivity index (χ3v) is 5.30. The summed E-state index contributed by atoms with van der Waals surface area (Å²) < 4.78 is 18.6. The Morgan fingerprint density at radius 1 is 1.16 bits per heavy atom. The summed E-state index contributed by atoms with van der Waals surface area (Å²) in [7, 11) is 0. The van der Waals surface area contributed by atoms with Crippen molar-refractivity contribution in [1.29, 1.82) is 0 Å². The number of carbonyl (C=O) groups is 2. The van der Waals surface area contributed by atoms with Crippen LogP contribution >= 0.6 is 0 Å². The zero-order valence-corrected chi connectivity index (χ0v) is 17.2. The molecule has 0 saturated carbocycles. The first-order valence-corrected chi connectivity index (χ1v) is 10.2. The molecule has 2 aromatic carbocycles. The van der Waals surface area contributed by atoms with Gasteiger partial charge >= 0.3 is 0 Å². The molecule has 0 bridgehead atoms. The SMILES string of the molecule is CC(=O)Nc1ccc(-c2noc([C@H]3CCCN(C(=O)Cc4ccc(F)cc4)C3)n2)cc1. The van der Waals surface area contributed by atoms with Crippen LogP contribution in [0.15, 0.2) is 53.1 Å². The normalized spacial score (nSPS) is 16.2. The lowest BCUT2D eigenvalue weighted by Crippen LogP contribution is -2.40. The van der Waals surface area contributed by atoms with E-state index in [0.29, 0.717) is 30.5 Å². The molecular formula is C23H23FN4O3. The third kappa shape index (κ3) is 5.14. The number of amides is 2. The first-order valence-electron chi connectivity index (χ1n) is 10.2. The van der Waals surface area contributed by atoms with Crippen LogP contribution in [0.3, 0.4) is 0 Å². The van der Waals surface area contributed by atoms with Crippen LogP contribution in [0.1, 0.15) is 37.1 Å². The van der Waals surface area contributed by atoms with Gasteiger partial charge < -0.3 is 14.7 Å². The molecule has 1 aliphatic rings. The van der Waals surface area contributed by atoms with Gasteiger partial charge in [-0.15, -0.1) is 0 Å². The average Bonchev–Trinajstić information content (AvgIpc) is 3.26. The van der Waals surface area contributed by atoms with Gasteiger partial charge in [-0.05, 0) is 54.8 Å². The highest BCUT2D eigenvalue weighted by Crippen LogP contribution is 2.28. The van der Waals surface area contributed by atoms with E-state index in [9.17, 15) is 14.0 Å². The lowest BCUT2D eigenvalue weighted by Gasteiger charge is -2.31. The van der Waals surface area contributed by atoms with Crippen LogP contribution < -0.4 is 5.32 Å². The van der Waals surface area contributed by atoms with Gasteiger partial charge in [0.2, 0.25) is 23.5 Å². The van der Waals surface area contributed by atoms with Crippen molar-refractivity contribution < 1.29 is 18.5 Å². The molecule has 31 heavy (non-hydrogen) atoms. The molecule has 3 aromatic rings. The lowest BCUT2D eigenvalue weighted by atomic mass is 9.97. The number of anilines is 1. The molecule has 160 valence electrons. The van der Waals surface area contributed by atoms with Crippen LogP contribution in [0.2, 0.25) is 0 Å². The molecule has 1 N–H and O–H groups in total. The molecule has 1 aliphatic heterocycles. The van der Waals surface area contributed by atoms with E-state index in [2.05, 4.69) is 15.5 Å². The Morgan fingerprint density at radius 2 is 1.90 bits per heavy atom. The van der Waals surface area contributed by atoms with Crippen LogP contribution in [-0.4, -0.2) is 39.9 Å². The molecule has 0 unspecified atom stereocenters. The number of hydrogen-bond acceptors (Lipinski definition) is 5. The molecule has 8 heteroatoms. The second-order valence-corrected chi connectivity index (χ2v) is 7.70. The molecule has 4 rings (SSSR count). The molecule has 0 spiro atoms. The minimum atomic E-state index is -0.314. The maximum Gasteiger partial charge on any atom is 0.231 e. The second kappa shape index (κ2) is 9.07. The molecule has 1 aromatic heterocycles. The first-order chi connectivity index (χ1) is 15.0. The molecule has 0 radical (unpaired) electrons. The van der Waals surface area contributed by atoms with Crippen LogP contribution in [0.4, 0.5) is 10.1 Å². The predicted molar refractivity (Wildman–Crippen MR) is 113 cm³/mol. The molecule has 1 fully saturated rings. The minimum absolute atomic E-state index is 0.00427. The second-order valence-electron chi connectivity index (χ2n) is 7.70. The van der Waals surface area contributed by atoms with E-state index in [1.54, 1.807) is 24.3 Å². The summed E-state index contributed by atoms with van der Waals surface area (Å²) in [4.78, 5) is 30.2. The number of halogens is 1. The smallest absolute Gasteiger partial charge is 0.231 e. The number of benzene rings is 2. The fourth-order valence-corrected chi connectivity index (χ4v) is 3.72. The van der Waals surface area contributed by atoms with E-state index in [0.717, 1.165) is 24.0 Å². The molecule has 1 atom stereocenters. The number of hydrogen-bond donors (Lipinski definition) is 1. The Labute approximate surface area is 179 Å². The highest BCUT2D eigenvalue weighted by molar-refractivity contribution is 5.88. The monoisotopic (exact) mass is 422 g/mol. The van der Waals surface area contributed by atoms with Crippen LogP contribution in [0, 0.1) is 5.82 Å². The third-order valence-electron chi connectivity index (χ3n) is 5.30. The zero-order chi connectivity index (χ0) is 21.8. The summed E-state index contributed by atoms with van der Waals surface area (Å²) in [6.07, 6.45) is 1.95. The summed E-state index contributed by atoms with van der Waals surface area (Å²) in [6, 6.07) is 13.2. The number of rotatable bonds is 5. The van der Waals surface area contributed by atoms with E-state index in [-0.39, 0.29) is 30.0 Å². The van der Waals surface area contributed by atoms with Gasteiger partial charge in [-0.3, -0.25) is 9.59 Å². The molecule has 2 heterocycles. The van der Waals surface area contributed by atoms with Crippen molar-refractivity contribution in [2.45, 2.75) is 32.1 Å². The maximum atomic E-state index is 13.1. The molecule has 7 nitrogen and oxygen atoms in total. The van der Waals surface area contributed by atoms with Gasteiger partial charge in [-0.25, -0.2) is 4.39 Å². The van der Waals surface area contributed by atoms with Crippen molar-refractivity contribution in [3.63, 3.8) is 0 Å². The van der Waals surface area contributed by atoms with Crippen molar-refractivity contribution in [3.05, 3.63) is 65.8 Å². The number of aromatic nitrogens is 2. The van der Waals surface area contributed by atoms with Gasteiger partial charge in [0.05, 0.1) is 12.3 Å². The van der Waals surface area contributed by atoms with Crippen LogP contribution in [0.5, 0.6) is 0 Å². The molecular weight excluding hydrogens is 399 g/mol. The van der Waals surface area contributed by atoms with E-state index in [1.807, 2.05) is 17.0 Å². The molecule has 2 amide bonds. The summed E-state index contributed by atoms with van der Waals surface area (Å²) in [5, 5.41) is 6.80. The van der Waals surface area contributed by atoms with E-state index in [4.69, 9.17) is 4.52 Å². The van der Waals surface area contributed by atoms with Crippen molar-refractivity contribution >= 4 is 17.5 Å². The van der Waals surface area contributed by atoms with Gasteiger partial charge in [0, 0.05) is 31.3 Å². The summed E-state index contributed by atoms with van der Waals surface area (Å²) >= 11 is 0. The largest absolute Gasteiger partial charge is 0.342 e. The number of piperidine rings is 1. The van der Waals surface area contributed by atoms with Crippen molar-refractivity contribution in [3.8, 4) is 11.4 Å². The number of likely N-dealkylation sites (tertiary alicyclic amines) is 1. The van der Waals surface area contributed by atoms with Gasteiger partial charge in [-0.2, -0.15) is 4.98 Å². The van der Waals surface area contributed by atoms with E-state index >= 15 is 0 Å². The quantitative estimate of drug-likeness (QED) is 0.676. The van der Waals surface area contributed by atoms with Crippen LogP contribution in [0.25, 0.3) is 11.4 Å². The minimum Gasteiger partial charge on any atom is -0.342 e. The molecule has 1 saturated heterocycles. The van der Waals surface area contributed by atoms with Gasteiger partial charge in [0.15, 0.2) is 0 Å². The predicted octanol–water partition coefficient (Wildman–Crippen LogP) is 3.78. The Bertz CT molecular complexity index is 1060. The fraction of sp³-hybridized carbons (Fsp3) is 0.304. The first kappa shape index (κ1) is 20.7. The fourth-order valence-electron chi connectivity index (χ4n) is 3.72. The van der Waals surface area contributed by atoms with Crippen molar-refractivity contribution in [1.82, 2.24) is 15.0 Å². The number of carbonyl (C=O) groups excluding carboxylic acids is 2. The van der Waals surface area contributed by atoms with Gasteiger partial charge in [0.1, 0.15) is 5.82 Å². The highest BCUT2D eigenvalue weighted by Gasteiger charge is 2.28. The Hall–Kier alpha value is -3.55. The van der Waals surface area contributed by atoms with Gasteiger partial charge in [-0.1, -0.05) is 17.3 Å². The summed E-state index contributed by atoms with van der Waals surface area (Å²) in [5.41, 5.74) is 2.27. The number of nitrogens with one attached hydrogen (secondary N) is 1. The van der Waals surface area contributed by atoms with Crippen molar-refractivity contribution in [2.24, 2.45) is 0 Å². The zero-order valence-electron chi connectivity index (χ0n) is 17.2. The highest BCUT2D eigenvalue weighted by atomic mass is 19.1. The standard InChI is InChI=1S/C23H23FN4O3/c1-15(29)25-20-10-6-17(7-11-20)22-26-23(31-27-22)18-3-2-12-28(14-18)21(30)13-16-4-8-19(24)9-5-16/h4-11,18H,2-3,12-14H2,1H3,(H,25,29)/t18-/m0/s1. The Balaban J connectivity index is 1.40. The maximum absolute atomic E-state index is 13.1. The van der Waals surface area contributed by atoms with Crippen LogP contribution in [-0.2, 0) is 16.0 Å². The van der Waals surface area contributed by atoms with Crippen molar-refractivity contribution in [2.75, 3.05) is 18.4 Å². The van der Waals surface area contributed by atoms with Gasteiger partial charge in [0.25, 0.3) is 0 Å². The average molecular weight is 422 g/mol. The van der Waals surface area contributed by atoms with E-state index < -0.39 is 0 Å². The lowest BCUT2D eigenvalue weighted by molar-refractivity contribution is -0.131. The van der Waals surface area contributed by atoms with E-state index in [1.165, 1.54) is 19.1 Å². The Kier molecular flexibility index (Phi) is 6.06. The Morgan fingerprint density at radius 3 is 2.61 bits per heavy atom. The topological polar surface area (TPSA) is 88.3 Å². The number of nitrogens with zero attached hydrogens (tertiary/aromatic N) is 3. The summed E-state index contributed by atoms with van der Waals surface area (Å²) in [5.74, 6) is 0.520. The summed E-state index contributed by atoms with van der Waals surface area (Å²) in [6.45, 7) is 2.66. The molecule has 0 aliphatic carbocycles.